The summed E-state index contributed by atoms with van der Waals surface area (Å²) in [7, 11) is 0. The number of Topliss-reactive ketones (excluding diaryl/α,β-unsaturated/α-hetero) is 1. The first-order chi connectivity index (χ1) is 5.72. The quantitative estimate of drug-likeness (QED) is 0.386. The summed E-state index contributed by atoms with van der Waals surface area (Å²) < 4.78 is 4.94. The summed E-state index contributed by atoms with van der Waals surface area (Å²) in [6.07, 6.45) is 0. The van der Waals surface area contributed by atoms with Gasteiger partial charge in [0.05, 0.1) is 13.2 Å². The van der Waals surface area contributed by atoms with Gasteiger partial charge in [-0.3, -0.25) is 9.59 Å². The van der Waals surface area contributed by atoms with E-state index in [9.17, 15) is 9.59 Å². The Balaban J connectivity index is 3.38. The molecule has 0 aromatic rings. The highest BCUT2D eigenvalue weighted by Crippen LogP contribution is 1.72. The van der Waals surface area contributed by atoms with Crippen LogP contribution in [0.5, 0.6) is 0 Å². The van der Waals surface area contributed by atoms with Crippen LogP contribution < -0.4 is 11.1 Å². The number of nitrogens with two attached hydrogens (primary N) is 1. The van der Waals surface area contributed by atoms with E-state index in [1.165, 1.54) is 0 Å². The van der Waals surface area contributed by atoms with Crippen molar-refractivity contribution >= 4 is 11.7 Å². The Morgan fingerprint density at radius 2 is 2.17 bits per heavy atom. The van der Waals surface area contributed by atoms with E-state index in [4.69, 9.17) is 10.5 Å². The van der Waals surface area contributed by atoms with Gasteiger partial charge >= 0.3 is 0 Å². The molecule has 0 saturated heterocycles. The number of ketones is 1. The summed E-state index contributed by atoms with van der Waals surface area (Å²) in [5, 5.41) is 2.37. The summed E-state index contributed by atoms with van der Waals surface area (Å²) in [5.74, 6) is -1.25. The fourth-order valence-electron chi connectivity index (χ4n) is 0.572. The predicted molar refractivity (Wildman–Crippen MR) is 43.6 cm³/mol. The van der Waals surface area contributed by atoms with Crippen molar-refractivity contribution < 1.29 is 14.3 Å². The van der Waals surface area contributed by atoms with Gasteiger partial charge in [-0.2, -0.15) is 0 Å². The smallest absolute Gasteiger partial charge is 0.288 e. The van der Waals surface area contributed by atoms with E-state index in [2.05, 4.69) is 5.32 Å². The normalized spacial score (nSPS) is 9.50. The van der Waals surface area contributed by atoms with Gasteiger partial charge in [-0.1, -0.05) is 0 Å². The molecule has 0 saturated carbocycles. The molecule has 0 radical (unpaired) electrons. The minimum atomic E-state index is -0.641. The first-order valence-corrected chi connectivity index (χ1v) is 3.81. The van der Waals surface area contributed by atoms with Crippen LogP contribution in [0.2, 0.25) is 0 Å². The maximum Gasteiger partial charge on any atom is 0.288 e. The number of hydrogen-bond donors (Lipinski definition) is 2. The number of carbonyl (C=O) groups excluding carboxylic acids is 2. The molecule has 0 aliphatic rings. The highest BCUT2D eigenvalue weighted by molar-refractivity contribution is 6.36. The number of amides is 1. The third-order valence-corrected chi connectivity index (χ3v) is 1.17. The van der Waals surface area contributed by atoms with E-state index < -0.39 is 11.7 Å². The molecule has 0 unspecified atom stereocenters. The van der Waals surface area contributed by atoms with Crippen LogP contribution in [0.15, 0.2) is 0 Å². The molecule has 0 aromatic carbocycles. The molecule has 0 rings (SSSR count). The van der Waals surface area contributed by atoms with Crippen LogP contribution >= 0.6 is 0 Å². The third-order valence-electron chi connectivity index (χ3n) is 1.17. The molecule has 0 bridgehead atoms. The van der Waals surface area contributed by atoms with Crippen molar-refractivity contribution in [2.24, 2.45) is 5.73 Å². The Kier molecular flexibility index (Phi) is 6.22. The molecule has 5 nitrogen and oxygen atoms in total. The van der Waals surface area contributed by atoms with E-state index in [0.29, 0.717) is 19.8 Å². The monoisotopic (exact) mass is 174 g/mol. The highest BCUT2D eigenvalue weighted by Gasteiger charge is 2.09. The van der Waals surface area contributed by atoms with Crippen LogP contribution in [0.3, 0.4) is 0 Å². The second kappa shape index (κ2) is 6.75. The molecule has 3 N–H and O–H groups in total. The Morgan fingerprint density at radius 1 is 1.50 bits per heavy atom. The molecule has 0 aliphatic heterocycles. The second-order valence-electron chi connectivity index (χ2n) is 2.08. The van der Waals surface area contributed by atoms with Crippen LogP contribution in [0.25, 0.3) is 0 Å². The van der Waals surface area contributed by atoms with Crippen molar-refractivity contribution in [1.82, 2.24) is 5.32 Å². The molecule has 1 amide bonds. The minimum absolute atomic E-state index is 0.250. The first-order valence-electron chi connectivity index (χ1n) is 3.81. The molecule has 5 heteroatoms. The van der Waals surface area contributed by atoms with Gasteiger partial charge in [-0.15, -0.1) is 0 Å². The molecule has 0 atom stereocenters. The number of carbonyl (C=O) groups is 2. The van der Waals surface area contributed by atoms with Gasteiger partial charge in [0.15, 0.2) is 0 Å². The van der Waals surface area contributed by atoms with E-state index in [-0.39, 0.29) is 6.54 Å². The van der Waals surface area contributed by atoms with Crippen LogP contribution in [-0.4, -0.2) is 38.0 Å². The topological polar surface area (TPSA) is 81.4 Å². The molecule has 12 heavy (non-hydrogen) atoms. The van der Waals surface area contributed by atoms with Crippen molar-refractivity contribution in [1.29, 1.82) is 0 Å². The molecule has 0 spiro atoms. The summed E-state index contributed by atoms with van der Waals surface area (Å²) in [6, 6.07) is 0. The van der Waals surface area contributed by atoms with Crippen molar-refractivity contribution in [3.05, 3.63) is 0 Å². The lowest BCUT2D eigenvalue weighted by molar-refractivity contribution is -0.137. The third kappa shape index (κ3) is 4.81. The zero-order chi connectivity index (χ0) is 9.40. The van der Waals surface area contributed by atoms with Gasteiger partial charge in [0.2, 0.25) is 5.78 Å². The molecular weight excluding hydrogens is 160 g/mol. The molecular formula is C7H14N2O3. The molecule has 0 aliphatic carbocycles. The van der Waals surface area contributed by atoms with Crippen LogP contribution in [0, 0.1) is 0 Å². The summed E-state index contributed by atoms with van der Waals surface area (Å²) >= 11 is 0. The number of hydrogen-bond acceptors (Lipinski definition) is 4. The van der Waals surface area contributed by atoms with Crippen LogP contribution in [0.1, 0.15) is 6.92 Å². The lowest BCUT2D eigenvalue weighted by Gasteiger charge is -2.02. The zero-order valence-electron chi connectivity index (χ0n) is 7.13. The minimum Gasteiger partial charge on any atom is -0.380 e. The Morgan fingerprint density at radius 3 is 2.67 bits per heavy atom. The van der Waals surface area contributed by atoms with Gasteiger partial charge in [-0.25, -0.2) is 0 Å². The average Bonchev–Trinajstić information content (AvgIpc) is 2.10. The van der Waals surface area contributed by atoms with Crippen molar-refractivity contribution in [3.63, 3.8) is 0 Å². The van der Waals surface area contributed by atoms with E-state index in [1.54, 1.807) is 0 Å². The largest absolute Gasteiger partial charge is 0.380 e. The van der Waals surface area contributed by atoms with Gasteiger partial charge in [0.25, 0.3) is 5.91 Å². The van der Waals surface area contributed by atoms with Gasteiger partial charge in [-0.05, 0) is 6.92 Å². The fraction of sp³-hybridized carbons (Fsp3) is 0.714. The Labute approximate surface area is 71.3 Å². The average molecular weight is 174 g/mol. The standard InChI is InChI=1S/C7H14N2O3/c1-2-12-4-3-9-7(11)6(10)5-8/h2-5,8H2,1H3,(H,9,11). The van der Waals surface area contributed by atoms with Crippen molar-refractivity contribution in [2.45, 2.75) is 6.92 Å². The van der Waals surface area contributed by atoms with Crippen LogP contribution in [-0.2, 0) is 14.3 Å². The molecule has 0 aromatic heterocycles. The maximum atomic E-state index is 10.7. The number of ether oxygens (including phenoxy) is 1. The Bertz CT molecular complexity index is 159. The molecule has 0 heterocycles. The lowest BCUT2D eigenvalue weighted by Crippen LogP contribution is -2.36. The first kappa shape index (κ1) is 11.1. The summed E-state index contributed by atoms with van der Waals surface area (Å²) in [6.45, 7) is 2.96. The van der Waals surface area contributed by atoms with Crippen molar-refractivity contribution in [3.8, 4) is 0 Å². The predicted octanol–water partition coefficient (Wildman–Crippen LogP) is -1.33. The number of rotatable bonds is 6. The van der Waals surface area contributed by atoms with E-state index in [0.717, 1.165) is 0 Å². The lowest BCUT2D eigenvalue weighted by atomic mass is 10.4. The van der Waals surface area contributed by atoms with Crippen LogP contribution in [0.4, 0.5) is 0 Å². The fourth-order valence-corrected chi connectivity index (χ4v) is 0.572. The molecule has 70 valence electrons. The molecule has 0 fully saturated rings. The van der Waals surface area contributed by atoms with E-state index >= 15 is 0 Å². The number of nitrogens with one attached hydrogen (secondary N) is 1. The highest BCUT2D eigenvalue weighted by atomic mass is 16.5. The zero-order valence-corrected chi connectivity index (χ0v) is 7.13. The van der Waals surface area contributed by atoms with Gasteiger partial charge in [0.1, 0.15) is 0 Å². The summed E-state index contributed by atoms with van der Waals surface area (Å²) in [4.78, 5) is 21.3. The summed E-state index contributed by atoms with van der Waals surface area (Å²) in [5.41, 5.74) is 4.96. The SMILES string of the molecule is CCOCCNC(=O)C(=O)CN. The second-order valence-corrected chi connectivity index (χ2v) is 2.08. The van der Waals surface area contributed by atoms with Crippen molar-refractivity contribution in [2.75, 3.05) is 26.3 Å². The maximum absolute atomic E-state index is 10.7. The van der Waals surface area contributed by atoms with Gasteiger partial charge in [0, 0.05) is 13.2 Å². The van der Waals surface area contributed by atoms with Gasteiger partial charge < -0.3 is 15.8 Å². The van der Waals surface area contributed by atoms with E-state index in [1.807, 2.05) is 6.92 Å². The Hall–Kier alpha value is -0.940.